The zero-order valence-electron chi connectivity index (χ0n) is 8.80. The number of unbranched alkanes of at least 4 members (excludes halogenated alkanes) is 7. The van der Waals surface area contributed by atoms with Gasteiger partial charge in [0.25, 0.3) is 0 Å². The second-order valence-corrected chi connectivity index (χ2v) is 3.45. The van der Waals surface area contributed by atoms with E-state index in [0.717, 1.165) is 14.1 Å². The molecule has 13 heavy (non-hydrogen) atoms. The minimum absolute atomic E-state index is 0.658. The Labute approximate surface area is 83.0 Å². The molecule has 0 fully saturated rings. The van der Waals surface area contributed by atoms with Crippen molar-refractivity contribution in [3.8, 4) is 0 Å². The quantitative estimate of drug-likeness (QED) is 0.418. The number of hydrogen-bond donors (Lipinski definition) is 1. The standard InChI is InChI=1S/C10H22BO2/c1-2-3-4-5-6-7-8-9-10-13-11-12/h12H,2-10H2,1H3. The first-order valence-electron chi connectivity index (χ1n) is 5.49. The van der Waals surface area contributed by atoms with Crippen LogP contribution >= 0.6 is 0 Å². The lowest BCUT2D eigenvalue weighted by Crippen LogP contribution is -1.98. The predicted molar refractivity (Wildman–Crippen MR) is 56.5 cm³/mol. The molecule has 0 spiro atoms. The molecule has 0 amide bonds. The molecule has 0 bridgehead atoms. The molecule has 0 aliphatic heterocycles. The van der Waals surface area contributed by atoms with Crippen molar-refractivity contribution in [2.24, 2.45) is 0 Å². The van der Waals surface area contributed by atoms with Crippen LogP contribution in [0, 0.1) is 0 Å². The maximum absolute atomic E-state index is 8.22. The Morgan fingerprint density at radius 2 is 1.46 bits per heavy atom. The van der Waals surface area contributed by atoms with Gasteiger partial charge in [-0.1, -0.05) is 51.9 Å². The van der Waals surface area contributed by atoms with E-state index in [1.54, 1.807) is 0 Å². The minimum atomic E-state index is 0.658. The van der Waals surface area contributed by atoms with Gasteiger partial charge in [-0.2, -0.15) is 0 Å². The Hall–Kier alpha value is -0.0151. The molecule has 3 heteroatoms. The fourth-order valence-electron chi connectivity index (χ4n) is 1.37. The maximum atomic E-state index is 8.22. The van der Waals surface area contributed by atoms with Crippen LogP contribution in [0.4, 0.5) is 0 Å². The lowest BCUT2D eigenvalue weighted by atomic mass is 10.1. The van der Waals surface area contributed by atoms with Gasteiger partial charge < -0.3 is 9.68 Å². The Kier molecular flexibility index (Phi) is 12.0. The van der Waals surface area contributed by atoms with Crippen molar-refractivity contribution in [2.75, 3.05) is 6.61 Å². The molecule has 2 nitrogen and oxygen atoms in total. The number of rotatable bonds is 10. The normalized spacial score (nSPS) is 10.3. The molecule has 0 aliphatic carbocycles. The van der Waals surface area contributed by atoms with E-state index in [1.807, 2.05) is 0 Å². The zero-order valence-corrected chi connectivity index (χ0v) is 8.80. The molecular weight excluding hydrogens is 163 g/mol. The highest BCUT2D eigenvalue weighted by Crippen LogP contribution is 2.07. The molecule has 0 aromatic heterocycles. The average molecular weight is 185 g/mol. The van der Waals surface area contributed by atoms with Crippen molar-refractivity contribution in [1.29, 1.82) is 0 Å². The number of hydrogen-bond acceptors (Lipinski definition) is 2. The second-order valence-electron chi connectivity index (χ2n) is 3.45. The molecule has 0 saturated heterocycles. The summed E-state index contributed by atoms with van der Waals surface area (Å²) in [7, 11) is 0.779. The molecule has 0 aromatic rings. The van der Waals surface area contributed by atoms with Crippen LogP contribution < -0.4 is 0 Å². The first-order valence-corrected chi connectivity index (χ1v) is 5.49. The Morgan fingerprint density at radius 1 is 0.923 bits per heavy atom. The molecular formula is C10H22BO2. The highest BCUT2D eigenvalue weighted by molar-refractivity contribution is 6.15. The van der Waals surface area contributed by atoms with Gasteiger partial charge in [0.1, 0.15) is 0 Å². The van der Waals surface area contributed by atoms with Crippen LogP contribution in [0.15, 0.2) is 0 Å². The molecule has 0 aliphatic rings. The Morgan fingerprint density at radius 3 is 2.00 bits per heavy atom. The first-order chi connectivity index (χ1) is 6.41. The minimum Gasteiger partial charge on any atom is -0.429 e. The van der Waals surface area contributed by atoms with Gasteiger partial charge in [0, 0.05) is 6.61 Å². The topological polar surface area (TPSA) is 29.5 Å². The third-order valence-electron chi connectivity index (χ3n) is 2.19. The summed E-state index contributed by atoms with van der Waals surface area (Å²) in [5.74, 6) is 0. The molecule has 0 aromatic carbocycles. The summed E-state index contributed by atoms with van der Waals surface area (Å²) < 4.78 is 4.71. The summed E-state index contributed by atoms with van der Waals surface area (Å²) in [4.78, 5) is 0. The zero-order chi connectivity index (χ0) is 9.78. The Balaban J connectivity index is 2.76. The fourth-order valence-corrected chi connectivity index (χ4v) is 1.37. The van der Waals surface area contributed by atoms with E-state index in [2.05, 4.69) is 6.92 Å². The molecule has 0 atom stereocenters. The summed E-state index contributed by atoms with van der Waals surface area (Å²) >= 11 is 0. The van der Waals surface area contributed by atoms with E-state index in [4.69, 9.17) is 9.68 Å². The molecule has 0 unspecified atom stereocenters. The summed E-state index contributed by atoms with van der Waals surface area (Å²) in [6.45, 7) is 2.90. The summed E-state index contributed by atoms with van der Waals surface area (Å²) in [6, 6.07) is 0. The lowest BCUT2D eigenvalue weighted by molar-refractivity contribution is 0.274. The lowest BCUT2D eigenvalue weighted by Gasteiger charge is -2.01. The Bertz CT molecular complexity index is 79.0. The molecule has 0 heterocycles. The van der Waals surface area contributed by atoms with E-state index in [9.17, 15) is 0 Å². The highest BCUT2D eigenvalue weighted by atomic mass is 16.5. The summed E-state index contributed by atoms with van der Waals surface area (Å²) in [6.07, 6.45) is 10.4. The van der Waals surface area contributed by atoms with Crippen molar-refractivity contribution in [1.82, 2.24) is 0 Å². The largest absolute Gasteiger partial charge is 0.485 e. The van der Waals surface area contributed by atoms with Crippen molar-refractivity contribution >= 4 is 7.69 Å². The summed E-state index contributed by atoms with van der Waals surface area (Å²) in [5, 5.41) is 8.22. The highest BCUT2D eigenvalue weighted by Gasteiger charge is 1.91. The molecule has 77 valence electrons. The van der Waals surface area contributed by atoms with Gasteiger partial charge in [-0.25, -0.2) is 0 Å². The van der Waals surface area contributed by atoms with Crippen molar-refractivity contribution in [3.63, 3.8) is 0 Å². The molecule has 0 rings (SSSR count). The van der Waals surface area contributed by atoms with Crippen LogP contribution in [-0.2, 0) is 4.65 Å². The SMILES string of the molecule is CCCCCCCCCCO[B]O. The van der Waals surface area contributed by atoms with Gasteiger partial charge in [0.15, 0.2) is 0 Å². The van der Waals surface area contributed by atoms with Crippen molar-refractivity contribution < 1.29 is 9.68 Å². The van der Waals surface area contributed by atoms with Crippen LogP contribution in [0.5, 0.6) is 0 Å². The predicted octanol–water partition coefficient (Wildman–Crippen LogP) is 2.67. The fraction of sp³-hybridized carbons (Fsp3) is 1.00. The van der Waals surface area contributed by atoms with Crippen molar-refractivity contribution in [2.45, 2.75) is 58.3 Å². The average Bonchev–Trinajstić information content (AvgIpc) is 2.16. The van der Waals surface area contributed by atoms with Gasteiger partial charge in [-0.15, -0.1) is 0 Å². The summed E-state index contributed by atoms with van der Waals surface area (Å²) in [5.41, 5.74) is 0. The van der Waals surface area contributed by atoms with Gasteiger partial charge in [-0.3, -0.25) is 0 Å². The van der Waals surface area contributed by atoms with Crippen LogP contribution in [0.2, 0.25) is 0 Å². The van der Waals surface area contributed by atoms with E-state index >= 15 is 0 Å². The van der Waals surface area contributed by atoms with Gasteiger partial charge in [0.2, 0.25) is 0 Å². The molecule has 1 radical (unpaired) electrons. The van der Waals surface area contributed by atoms with Gasteiger partial charge in [-0.05, 0) is 6.42 Å². The maximum Gasteiger partial charge on any atom is 0.485 e. The van der Waals surface area contributed by atoms with Gasteiger partial charge in [0.05, 0.1) is 0 Å². The van der Waals surface area contributed by atoms with Crippen LogP contribution in [0.1, 0.15) is 58.3 Å². The first kappa shape index (κ1) is 13.0. The van der Waals surface area contributed by atoms with Gasteiger partial charge >= 0.3 is 7.69 Å². The monoisotopic (exact) mass is 185 g/mol. The third kappa shape index (κ3) is 12.0. The molecule has 1 N–H and O–H groups in total. The van der Waals surface area contributed by atoms with Crippen LogP contribution in [0.3, 0.4) is 0 Å². The van der Waals surface area contributed by atoms with Crippen LogP contribution in [-0.4, -0.2) is 19.3 Å². The van der Waals surface area contributed by atoms with Crippen LogP contribution in [0.25, 0.3) is 0 Å². The molecule has 0 saturated carbocycles. The van der Waals surface area contributed by atoms with E-state index < -0.39 is 0 Å². The van der Waals surface area contributed by atoms with E-state index in [-0.39, 0.29) is 0 Å². The third-order valence-corrected chi connectivity index (χ3v) is 2.19. The van der Waals surface area contributed by atoms with E-state index in [1.165, 1.54) is 44.9 Å². The van der Waals surface area contributed by atoms with E-state index in [0.29, 0.717) is 6.61 Å². The van der Waals surface area contributed by atoms with Crippen molar-refractivity contribution in [3.05, 3.63) is 0 Å². The smallest absolute Gasteiger partial charge is 0.429 e. The second kappa shape index (κ2) is 12.0.